The molecule has 1 fully saturated rings. The third kappa shape index (κ3) is 4.15. The molecule has 1 rings (SSSR count). The van der Waals surface area contributed by atoms with E-state index in [1.807, 2.05) is 13.8 Å². The molecule has 1 heterocycles. The minimum absolute atomic E-state index is 0.00885. The number of aliphatic hydroxyl groups is 1. The molecule has 7 heteroatoms. The van der Waals surface area contributed by atoms with Crippen LogP contribution in [-0.4, -0.2) is 54.7 Å². The number of aliphatic hydroxyl groups excluding tert-OH is 1. The summed E-state index contributed by atoms with van der Waals surface area (Å²) in [7, 11) is -3.35. The minimum atomic E-state index is -3.35. The van der Waals surface area contributed by atoms with Crippen molar-refractivity contribution in [3.63, 3.8) is 0 Å². The van der Waals surface area contributed by atoms with Gasteiger partial charge in [-0.3, -0.25) is 4.79 Å². The summed E-state index contributed by atoms with van der Waals surface area (Å²) in [4.78, 5) is 12.3. The Balaban J connectivity index is 2.77. The van der Waals surface area contributed by atoms with Crippen LogP contribution < -0.4 is 5.32 Å². The average Bonchev–Trinajstić information content (AvgIpc) is 2.77. The number of nitrogens with zero attached hydrogens (tertiary/aromatic N) is 1. The van der Waals surface area contributed by atoms with Crippen LogP contribution in [0.5, 0.6) is 0 Å². The van der Waals surface area contributed by atoms with E-state index in [0.717, 1.165) is 6.26 Å². The van der Waals surface area contributed by atoms with Gasteiger partial charge < -0.3 is 10.4 Å². The van der Waals surface area contributed by atoms with E-state index < -0.39 is 21.6 Å². The van der Waals surface area contributed by atoms with E-state index in [9.17, 15) is 13.2 Å². The molecule has 0 aromatic heterocycles. The Morgan fingerprint density at radius 2 is 2.16 bits per heavy atom. The number of amides is 1. The first-order chi connectivity index (χ1) is 8.73. The number of hydrogen-bond donors (Lipinski definition) is 2. The highest BCUT2D eigenvalue weighted by Gasteiger charge is 2.38. The lowest BCUT2D eigenvalue weighted by atomic mass is 9.94. The molecule has 2 N–H and O–H groups in total. The van der Waals surface area contributed by atoms with Gasteiger partial charge in [0.2, 0.25) is 15.9 Å². The van der Waals surface area contributed by atoms with Crippen molar-refractivity contribution in [2.75, 3.05) is 19.4 Å². The van der Waals surface area contributed by atoms with Crippen molar-refractivity contribution in [1.29, 1.82) is 0 Å². The van der Waals surface area contributed by atoms with Crippen LogP contribution in [0, 0.1) is 0 Å². The molecule has 0 radical (unpaired) electrons. The Bertz CT molecular complexity index is 423. The molecule has 0 aromatic rings. The van der Waals surface area contributed by atoms with Gasteiger partial charge in [0.05, 0.1) is 6.26 Å². The third-order valence-corrected chi connectivity index (χ3v) is 5.09. The molecule has 1 aliphatic heterocycles. The van der Waals surface area contributed by atoms with Crippen LogP contribution >= 0.6 is 0 Å². The molecule has 0 bridgehead atoms. The maximum Gasteiger partial charge on any atom is 0.238 e. The average molecular weight is 292 g/mol. The number of sulfonamides is 1. The molecule has 0 aromatic carbocycles. The highest BCUT2D eigenvalue weighted by Crippen LogP contribution is 2.22. The fraction of sp³-hybridized carbons (Fsp3) is 0.917. The van der Waals surface area contributed by atoms with Crippen LogP contribution in [0.2, 0.25) is 0 Å². The van der Waals surface area contributed by atoms with Gasteiger partial charge in [0, 0.05) is 18.7 Å². The molecule has 6 nitrogen and oxygen atoms in total. The first kappa shape index (κ1) is 16.4. The summed E-state index contributed by atoms with van der Waals surface area (Å²) in [5, 5.41) is 11.9. The topological polar surface area (TPSA) is 86.7 Å². The number of carbonyl (C=O) groups excluding carboxylic acids is 1. The van der Waals surface area contributed by atoms with Gasteiger partial charge in [-0.1, -0.05) is 6.92 Å². The van der Waals surface area contributed by atoms with Crippen LogP contribution in [0.4, 0.5) is 0 Å². The lowest BCUT2D eigenvalue weighted by molar-refractivity contribution is -0.126. The van der Waals surface area contributed by atoms with Gasteiger partial charge in [-0.15, -0.1) is 0 Å². The Kier molecular flexibility index (Phi) is 5.34. The third-order valence-electron chi connectivity index (χ3n) is 3.80. The summed E-state index contributed by atoms with van der Waals surface area (Å²) in [6.07, 6.45) is 3.53. The maximum absolute atomic E-state index is 12.3. The molecular formula is C12H24N2O4S. The van der Waals surface area contributed by atoms with E-state index in [1.165, 1.54) is 4.31 Å². The molecule has 1 amide bonds. The Labute approximate surface area is 115 Å². The Hall–Kier alpha value is -0.660. The fourth-order valence-corrected chi connectivity index (χ4v) is 3.48. The zero-order valence-corrected chi connectivity index (χ0v) is 12.7. The predicted octanol–water partition coefficient (Wildman–Crippen LogP) is 0.0777. The van der Waals surface area contributed by atoms with E-state index in [4.69, 9.17) is 5.11 Å². The highest BCUT2D eigenvalue weighted by molar-refractivity contribution is 7.88. The van der Waals surface area contributed by atoms with E-state index in [0.29, 0.717) is 32.2 Å². The zero-order valence-electron chi connectivity index (χ0n) is 11.8. The largest absolute Gasteiger partial charge is 0.396 e. The minimum Gasteiger partial charge on any atom is -0.396 e. The van der Waals surface area contributed by atoms with Gasteiger partial charge in [0.1, 0.15) is 6.04 Å². The van der Waals surface area contributed by atoms with E-state index in [-0.39, 0.29) is 12.5 Å². The van der Waals surface area contributed by atoms with Gasteiger partial charge in [-0.05, 0) is 32.6 Å². The second-order valence-electron chi connectivity index (χ2n) is 5.41. The lowest BCUT2D eigenvalue weighted by Crippen LogP contribution is -2.53. The summed E-state index contributed by atoms with van der Waals surface area (Å²) >= 11 is 0. The summed E-state index contributed by atoms with van der Waals surface area (Å²) in [6, 6.07) is -0.612. The molecule has 112 valence electrons. The number of rotatable bonds is 6. The van der Waals surface area contributed by atoms with Crippen LogP contribution in [0.3, 0.4) is 0 Å². The van der Waals surface area contributed by atoms with Crippen molar-refractivity contribution >= 4 is 15.9 Å². The summed E-state index contributed by atoms with van der Waals surface area (Å²) in [6.45, 7) is 4.19. The van der Waals surface area contributed by atoms with Crippen LogP contribution in [0.1, 0.15) is 39.5 Å². The number of nitrogens with one attached hydrogen (secondary N) is 1. The maximum atomic E-state index is 12.3. The smallest absolute Gasteiger partial charge is 0.238 e. The summed E-state index contributed by atoms with van der Waals surface area (Å²) in [5.41, 5.74) is -0.488. The standard InChI is InChI=1S/C12H24N2O4S/c1-4-12(2,7-9-15)13-11(16)10-6-5-8-14(10)19(3,17)18/h10,15H,4-9H2,1-3H3,(H,13,16). The highest BCUT2D eigenvalue weighted by atomic mass is 32.2. The van der Waals surface area contributed by atoms with Crippen molar-refractivity contribution in [1.82, 2.24) is 9.62 Å². The SMILES string of the molecule is CCC(C)(CCO)NC(=O)C1CCCN1S(C)(=O)=O. The first-order valence-electron chi connectivity index (χ1n) is 6.63. The van der Waals surface area contributed by atoms with Gasteiger partial charge in [0.15, 0.2) is 0 Å². The lowest BCUT2D eigenvalue weighted by Gasteiger charge is -2.32. The molecule has 2 unspecified atom stereocenters. The van der Waals surface area contributed by atoms with Gasteiger partial charge in [0.25, 0.3) is 0 Å². The van der Waals surface area contributed by atoms with E-state index in [1.54, 1.807) is 0 Å². The molecule has 1 saturated heterocycles. The second-order valence-corrected chi connectivity index (χ2v) is 7.34. The number of hydrogen-bond acceptors (Lipinski definition) is 4. The van der Waals surface area contributed by atoms with Crippen LogP contribution in [-0.2, 0) is 14.8 Å². The monoisotopic (exact) mass is 292 g/mol. The van der Waals surface area contributed by atoms with Crippen molar-refractivity contribution in [2.45, 2.75) is 51.1 Å². The van der Waals surface area contributed by atoms with Gasteiger partial charge >= 0.3 is 0 Å². The van der Waals surface area contributed by atoms with Crippen LogP contribution in [0.25, 0.3) is 0 Å². The van der Waals surface area contributed by atoms with E-state index >= 15 is 0 Å². The van der Waals surface area contributed by atoms with Crippen molar-refractivity contribution in [2.24, 2.45) is 0 Å². The molecule has 0 spiro atoms. The Morgan fingerprint density at radius 3 is 2.63 bits per heavy atom. The number of carbonyl (C=O) groups is 1. The fourth-order valence-electron chi connectivity index (χ4n) is 2.35. The summed E-state index contributed by atoms with van der Waals surface area (Å²) < 4.78 is 24.5. The van der Waals surface area contributed by atoms with Gasteiger partial charge in [-0.2, -0.15) is 4.31 Å². The van der Waals surface area contributed by atoms with Crippen molar-refractivity contribution < 1.29 is 18.3 Å². The van der Waals surface area contributed by atoms with Crippen LogP contribution in [0.15, 0.2) is 0 Å². The molecule has 19 heavy (non-hydrogen) atoms. The van der Waals surface area contributed by atoms with Crippen molar-refractivity contribution in [3.05, 3.63) is 0 Å². The molecule has 0 saturated carbocycles. The molecular weight excluding hydrogens is 268 g/mol. The zero-order chi connectivity index (χ0) is 14.7. The summed E-state index contributed by atoms with van der Waals surface area (Å²) in [5.74, 6) is -0.263. The normalized spacial score (nSPS) is 24.1. The first-order valence-corrected chi connectivity index (χ1v) is 8.48. The van der Waals surface area contributed by atoms with Crippen molar-refractivity contribution in [3.8, 4) is 0 Å². The quantitative estimate of drug-likeness (QED) is 0.726. The molecule has 2 atom stereocenters. The van der Waals surface area contributed by atoms with E-state index in [2.05, 4.69) is 5.32 Å². The Morgan fingerprint density at radius 1 is 1.53 bits per heavy atom. The molecule has 1 aliphatic rings. The predicted molar refractivity (Wildman–Crippen MR) is 73.1 cm³/mol. The molecule has 0 aliphatic carbocycles. The van der Waals surface area contributed by atoms with Gasteiger partial charge in [-0.25, -0.2) is 8.42 Å². The second kappa shape index (κ2) is 6.19.